The van der Waals surface area contributed by atoms with E-state index in [-0.39, 0.29) is 0 Å². The van der Waals surface area contributed by atoms with Gasteiger partial charge in [-0.3, -0.25) is 5.43 Å². The fraction of sp³-hybridized carbons (Fsp3) is 0.500. The Balaban J connectivity index is 2.06. The van der Waals surface area contributed by atoms with Crippen molar-refractivity contribution in [2.45, 2.75) is 45.6 Å². The highest BCUT2D eigenvalue weighted by Gasteiger charge is 2.08. The minimum absolute atomic E-state index is 0.756. The van der Waals surface area contributed by atoms with Gasteiger partial charge in [-0.15, -0.1) is 0 Å². The molecule has 0 amide bonds. The zero-order chi connectivity index (χ0) is 12.8. The number of imidazole rings is 1. The van der Waals surface area contributed by atoms with Crippen molar-refractivity contribution in [3.63, 3.8) is 0 Å². The first kappa shape index (κ1) is 12.9. The SMILES string of the molecule is CCCCCCCn1c(NN)nc2ccccc21. The van der Waals surface area contributed by atoms with Gasteiger partial charge in [-0.2, -0.15) is 0 Å². The highest BCUT2D eigenvalue weighted by Crippen LogP contribution is 2.19. The van der Waals surface area contributed by atoms with Gasteiger partial charge < -0.3 is 4.57 Å². The third-order valence-corrected chi connectivity index (χ3v) is 3.27. The maximum atomic E-state index is 5.53. The predicted octanol–water partition coefficient (Wildman–Crippen LogP) is 3.29. The van der Waals surface area contributed by atoms with Gasteiger partial charge in [0.15, 0.2) is 0 Å². The van der Waals surface area contributed by atoms with E-state index in [2.05, 4.69) is 28.0 Å². The second-order valence-electron chi connectivity index (χ2n) is 4.63. The molecule has 4 heteroatoms. The molecular formula is C14H22N4. The molecule has 2 aromatic rings. The number of aromatic nitrogens is 2. The lowest BCUT2D eigenvalue weighted by atomic mass is 10.1. The minimum atomic E-state index is 0.756. The standard InChI is InChI=1S/C14H22N4/c1-2-3-4-5-8-11-18-13-10-7-6-9-12(13)16-14(18)17-15/h6-7,9-10H,2-5,8,11,15H2,1H3,(H,16,17). The molecule has 3 N–H and O–H groups in total. The van der Waals surface area contributed by atoms with Gasteiger partial charge in [0.2, 0.25) is 5.95 Å². The lowest BCUT2D eigenvalue weighted by Crippen LogP contribution is -2.13. The maximum Gasteiger partial charge on any atom is 0.218 e. The van der Waals surface area contributed by atoms with Crippen LogP contribution in [0.2, 0.25) is 0 Å². The third kappa shape index (κ3) is 2.82. The number of nitrogens with zero attached hydrogens (tertiary/aromatic N) is 2. The van der Waals surface area contributed by atoms with Gasteiger partial charge in [0.25, 0.3) is 0 Å². The summed E-state index contributed by atoms with van der Waals surface area (Å²) in [5.41, 5.74) is 4.84. The van der Waals surface area contributed by atoms with Crippen molar-refractivity contribution in [2.24, 2.45) is 5.84 Å². The number of para-hydroxylation sites is 2. The molecule has 0 bridgehead atoms. The van der Waals surface area contributed by atoms with Crippen molar-refractivity contribution < 1.29 is 0 Å². The van der Waals surface area contributed by atoms with Crippen molar-refractivity contribution >= 4 is 17.0 Å². The predicted molar refractivity (Wildman–Crippen MR) is 76.3 cm³/mol. The van der Waals surface area contributed by atoms with Crippen LogP contribution in [0.15, 0.2) is 24.3 Å². The molecule has 1 aromatic carbocycles. The van der Waals surface area contributed by atoms with E-state index in [1.54, 1.807) is 0 Å². The van der Waals surface area contributed by atoms with Gasteiger partial charge in [0, 0.05) is 6.54 Å². The van der Waals surface area contributed by atoms with Crippen molar-refractivity contribution in [3.8, 4) is 0 Å². The fourth-order valence-electron chi connectivity index (χ4n) is 2.29. The maximum absolute atomic E-state index is 5.53. The number of rotatable bonds is 7. The Morgan fingerprint density at radius 3 is 2.72 bits per heavy atom. The summed E-state index contributed by atoms with van der Waals surface area (Å²) >= 11 is 0. The third-order valence-electron chi connectivity index (χ3n) is 3.27. The van der Waals surface area contributed by atoms with E-state index in [1.165, 1.54) is 32.1 Å². The molecule has 0 aliphatic carbocycles. The summed E-state index contributed by atoms with van der Waals surface area (Å²) in [6.07, 6.45) is 6.37. The van der Waals surface area contributed by atoms with Gasteiger partial charge in [-0.1, -0.05) is 44.7 Å². The minimum Gasteiger partial charge on any atom is -0.309 e. The second kappa shape index (κ2) is 6.40. The molecule has 98 valence electrons. The van der Waals surface area contributed by atoms with Crippen molar-refractivity contribution in [1.29, 1.82) is 0 Å². The Kier molecular flexibility index (Phi) is 4.59. The van der Waals surface area contributed by atoms with Gasteiger partial charge in [0.05, 0.1) is 11.0 Å². The average Bonchev–Trinajstić information content (AvgIpc) is 2.77. The number of hydrazine groups is 1. The summed E-state index contributed by atoms with van der Waals surface area (Å²) < 4.78 is 2.17. The first-order valence-corrected chi connectivity index (χ1v) is 6.78. The number of nitrogens with one attached hydrogen (secondary N) is 1. The molecule has 2 rings (SSSR count). The van der Waals surface area contributed by atoms with Crippen LogP contribution >= 0.6 is 0 Å². The lowest BCUT2D eigenvalue weighted by molar-refractivity contribution is 0.578. The quantitative estimate of drug-likeness (QED) is 0.448. The Labute approximate surface area is 108 Å². The zero-order valence-corrected chi connectivity index (χ0v) is 11.0. The molecule has 0 aliphatic heterocycles. The smallest absolute Gasteiger partial charge is 0.218 e. The van der Waals surface area contributed by atoms with E-state index >= 15 is 0 Å². The highest BCUT2D eigenvalue weighted by molar-refractivity contribution is 5.78. The molecule has 0 saturated carbocycles. The van der Waals surface area contributed by atoms with E-state index in [4.69, 9.17) is 5.84 Å². The van der Waals surface area contributed by atoms with Crippen LogP contribution in [0.1, 0.15) is 39.0 Å². The Hall–Kier alpha value is -1.55. The van der Waals surface area contributed by atoms with Crippen molar-refractivity contribution in [1.82, 2.24) is 9.55 Å². The number of aryl methyl sites for hydroxylation is 1. The molecule has 0 unspecified atom stereocenters. The summed E-state index contributed by atoms with van der Waals surface area (Å²) in [5.74, 6) is 6.29. The molecule has 0 atom stereocenters. The number of anilines is 1. The van der Waals surface area contributed by atoms with Crippen LogP contribution in [0.25, 0.3) is 11.0 Å². The summed E-state index contributed by atoms with van der Waals surface area (Å²) in [6, 6.07) is 8.15. The Morgan fingerprint density at radius 2 is 1.94 bits per heavy atom. The summed E-state index contributed by atoms with van der Waals surface area (Å²) in [7, 11) is 0. The molecule has 0 aliphatic rings. The van der Waals surface area contributed by atoms with Crippen molar-refractivity contribution in [3.05, 3.63) is 24.3 Å². The summed E-state index contributed by atoms with van der Waals surface area (Å²) in [5, 5.41) is 0. The normalized spacial score (nSPS) is 11.0. The molecule has 0 spiro atoms. The number of hydrogen-bond acceptors (Lipinski definition) is 3. The molecule has 4 nitrogen and oxygen atoms in total. The van der Waals surface area contributed by atoms with Crippen LogP contribution in [0, 0.1) is 0 Å². The van der Waals surface area contributed by atoms with Crippen molar-refractivity contribution in [2.75, 3.05) is 5.43 Å². The fourth-order valence-corrected chi connectivity index (χ4v) is 2.29. The Morgan fingerprint density at radius 1 is 1.17 bits per heavy atom. The van der Waals surface area contributed by atoms with E-state index in [1.807, 2.05) is 18.2 Å². The second-order valence-corrected chi connectivity index (χ2v) is 4.63. The molecule has 0 saturated heterocycles. The number of benzene rings is 1. The lowest BCUT2D eigenvalue weighted by Gasteiger charge is -2.08. The van der Waals surface area contributed by atoms with Crippen LogP contribution in [-0.2, 0) is 6.54 Å². The van der Waals surface area contributed by atoms with E-state index in [0.29, 0.717) is 0 Å². The van der Waals surface area contributed by atoms with Gasteiger partial charge >= 0.3 is 0 Å². The van der Waals surface area contributed by atoms with Gasteiger partial charge in [0.1, 0.15) is 0 Å². The van der Waals surface area contributed by atoms with Crippen LogP contribution in [0.4, 0.5) is 5.95 Å². The number of nitrogen functional groups attached to an aromatic ring is 1. The van der Waals surface area contributed by atoms with Crippen LogP contribution in [0.5, 0.6) is 0 Å². The topological polar surface area (TPSA) is 55.9 Å². The zero-order valence-electron chi connectivity index (χ0n) is 11.0. The van der Waals surface area contributed by atoms with E-state index in [0.717, 1.165) is 23.5 Å². The van der Waals surface area contributed by atoms with Gasteiger partial charge in [-0.05, 0) is 18.6 Å². The monoisotopic (exact) mass is 246 g/mol. The first-order valence-electron chi connectivity index (χ1n) is 6.78. The molecular weight excluding hydrogens is 224 g/mol. The van der Waals surface area contributed by atoms with Crippen LogP contribution in [0.3, 0.4) is 0 Å². The van der Waals surface area contributed by atoms with E-state index in [9.17, 15) is 0 Å². The number of unbranched alkanes of at least 4 members (excludes halogenated alkanes) is 4. The largest absolute Gasteiger partial charge is 0.309 e. The Bertz CT molecular complexity index is 489. The molecule has 1 aromatic heterocycles. The van der Waals surface area contributed by atoms with Crippen LogP contribution < -0.4 is 11.3 Å². The highest BCUT2D eigenvalue weighted by atomic mass is 15.3. The first-order chi connectivity index (χ1) is 8.86. The molecule has 1 heterocycles. The molecule has 0 fully saturated rings. The van der Waals surface area contributed by atoms with E-state index < -0.39 is 0 Å². The summed E-state index contributed by atoms with van der Waals surface area (Å²) in [4.78, 5) is 4.47. The average molecular weight is 246 g/mol. The van der Waals surface area contributed by atoms with Gasteiger partial charge in [-0.25, -0.2) is 10.8 Å². The number of nitrogens with two attached hydrogens (primary N) is 1. The molecule has 0 radical (unpaired) electrons. The summed E-state index contributed by atoms with van der Waals surface area (Å²) in [6.45, 7) is 3.21. The number of hydrogen-bond donors (Lipinski definition) is 2. The van der Waals surface area contributed by atoms with Crippen LogP contribution in [-0.4, -0.2) is 9.55 Å². The number of fused-ring (bicyclic) bond motifs is 1. The molecule has 18 heavy (non-hydrogen) atoms.